The maximum atomic E-state index is 8.80. The first-order valence-electron chi connectivity index (χ1n) is 6.85. The van der Waals surface area contributed by atoms with Crippen LogP contribution in [0.2, 0.25) is 0 Å². The molecule has 0 amide bonds. The summed E-state index contributed by atoms with van der Waals surface area (Å²) in [5.41, 5.74) is 1.71. The monoisotopic (exact) mass is 300 g/mol. The van der Waals surface area contributed by atoms with E-state index in [9.17, 15) is 0 Å². The third kappa shape index (κ3) is 3.51. The van der Waals surface area contributed by atoms with Crippen molar-refractivity contribution >= 4 is 22.8 Å². The summed E-state index contributed by atoms with van der Waals surface area (Å²) in [6.45, 7) is 4.03. The molecule has 1 fully saturated rings. The Morgan fingerprint density at radius 3 is 2.90 bits per heavy atom. The number of ether oxygens (including phenoxy) is 1. The number of rotatable bonds is 4. The maximum absolute atomic E-state index is 8.80. The molecular formula is C15H16N4OS. The highest BCUT2D eigenvalue weighted by atomic mass is 32.1. The van der Waals surface area contributed by atoms with Crippen molar-refractivity contribution in [2.45, 2.75) is 6.54 Å². The average molecular weight is 300 g/mol. The second-order valence-corrected chi connectivity index (χ2v) is 5.77. The van der Waals surface area contributed by atoms with Gasteiger partial charge in [-0.15, -0.1) is 11.3 Å². The van der Waals surface area contributed by atoms with E-state index in [2.05, 4.69) is 21.3 Å². The third-order valence-corrected chi connectivity index (χ3v) is 4.27. The van der Waals surface area contributed by atoms with Gasteiger partial charge >= 0.3 is 0 Å². The minimum absolute atomic E-state index is 0.713. The summed E-state index contributed by atoms with van der Waals surface area (Å²) in [5, 5.41) is 14.0. The fraction of sp³-hybridized carbons (Fsp3) is 0.333. The van der Waals surface area contributed by atoms with Crippen LogP contribution in [-0.2, 0) is 11.3 Å². The van der Waals surface area contributed by atoms with Gasteiger partial charge in [0.1, 0.15) is 11.9 Å². The number of anilines is 2. The van der Waals surface area contributed by atoms with Crippen molar-refractivity contribution in [2.75, 3.05) is 36.5 Å². The van der Waals surface area contributed by atoms with Gasteiger partial charge in [-0.05, 0) is 18.2 Å². The summed E-state index contributed by atoms with van der Waals surface area (Å²) in [4.78, 5) is 7.87. The Labute approximate surface area is 127 Å². The zero-order valence-electron chi connectivity index (χ0n) is 11.6. The highest BCUT2D eigenvalue weighted by Gasteiger charge is 2.11. The van der Waals surface area contributed by atoms with Gasteiger partial charge in [0, 0.05) is 29.9 Å². The molecule has 0 saturated carbocycles. The number of hydrogen-bond donors (Lipinski definition) is 1. The smallest absolute Gasteiger partial charge is 0.128 e. The molecule has 1 aliphatic rings. The number of nitrogens with one attached hydrogen (secondary N) is 1. The van der Waals surface area contributed by atoms with E-state index < -0.39 is 0 Å². The molecule has 0 aliphatic carbocycles. The largest absolute Gasteiger partial charge is 0.379 e. The predicted molar refractivity (Wildman–Crippen MR) is 83.6 cm³/mol. The number of thiophene rings is 1. The second kappa shape index (κ2) is 6.57. The van der Waals surface area contributed by atoms with Crippen molar-refractivity contribution < 1.29 is 4.74 Å². The summed E-state index contributed by atoms with van der Waals surface area (Å²) in [6, 6.07) is 8.12. The average Bonchev–Trinajstić information content (AvgIpc) is 3.02. The van der Waals surface area contributed by atoms with Crippen LogP contribution in [0, 0.1) is 11.3 Å². The minimum Gasteiger partial charge on any atom is -0.379 e. The number of aromatic nitrogens is 1. The fourth-order valence-electron chi connectivity index (χ4n) is 2.19. The number of hydrogen-bond acceptors (Lipinski definition) is 6. The molecule has 0 aromatic carbocycles. The lowest BCUT2D eigenvalue weighted by atomic mass is 10.3. The first-order valence-corrected chi connectivity index (χ1v) is 7.73. The molecule has 0 bridgehead atoms. The molecule has 1 aliphatic heterocycles. The summed E-state index contributed by atoms with van der Waals surface area (Å²) >= 11 is 1.59. The lowest BCUT2D eigenvalue weighted by Crippen LogP contribution is -2.36. The summed E-state index contributed by atoms with van der Waals surface area (Å²) in [7, 11) is 0. The molecular weight excluding hydrogens is 284 g/mol. The van der Waals surface area contributed by atoms with Gasteiger partial charge in [-0.3, -0.25) is 0 Å². The molecule has 0 radical (unpaired) electrons. The van der Waals surface area contributed by atoms with Crippen molar-refractivity contribution in [1.82, 2.24) is 4.98 Å². The van der Waals surface area contributed by atoms with Crippen LogP contribution in [0.3, 0.4) is 0 Å². The van der Waals surface area contributed by atoms with E-state index in [1.54, 1.807) is 11.3 Å². The van der Waals surface area contributed by atoms with E-state index in [1.807, 2.05) is 29.8 Å². The molecule has 2 aromatic heterocycles. The van der Waals surface area contributed by atoms with Crippen molar-refractivity contribution in [2.24, 2.45) is 0 Å². The topological polar surface area (TPSA) is 61.2 Å². The van der Waals surface area contributed by atoms with Gasteiger partial charge in [0.15, 0.2) is 0 Å². The van der Waals surface area contributed by atoms with Gasteiger partial charge in [-0.2, -0.15) is 5.26 Å². The molecule has 0 unspecified atom stereocenters. The van der Waals surface area contributed by atoms with Crippen LogP contribution < -0.4 is 10.2 Å². The van der Waals surface area contributed by atoms with E-state index in [-0.39, 0.29) is 0 Å². The predicted octanol–water partition coefficient (Wildman–Crippen LogP) is 2.46. The van der Waals surface area contributed by atoms with Crippen molar-refractivity contribution in [1.29, 1.82) is 5.26 Å². The number of nitrogens with zero attached hydrogens (tertiary/aromatic N) is 3. The third-order valence-electron chi connectivity index (χ3n) is 3.33. The van der Waals surface area contributed by atoms with Crippen LogP contribution in [0.25, 0.3) is 0 Å². The summed E-state index contributed by atoms with van der Waals surface area (Å²) < 4.78 is 5.34. The van der Waals surface area contributed by atoms with Gasteiger partial charge in [-0.25, -0.2) is 4.98 Å². The molecule has 3 rings (SSSR count). The van der Waals surface area contributed by atoms with Crippen LogP contribution >= 0.6 is 11.3 Å². The zero-order valence-corrected chi connectivity index (χ0v) is 12.4. The number of morpholine rings is 1. The Bertz CT molecular complexity index is 626. The van der Waals surface area contributed by atoms with Gasteiger partial charge in [0.05, 0.1) is 30.7 Å². The van der Waals surface area contributed by atoms with Gasteiger partial charge in [0.25, 0.3) is 0 Å². The lowest BCUT2D eigenvalue weighted by molar-refractivity contribution is 0.122. The molecule has 0 atom stereocenters. The van der Waals surface area contributed by atoms with E-state index in [0.29, 0.717) is 6.54 Å². The van der Waals surface area contributed by atoms with E-state index >= 15 is 0 Å². The fourth-order valence-corrected chi connectivity index (χ4v) is 2.94. The van der Waals surface area contributed by atoms with Crippen LogP contribution in [0.15, 0.2) is 29.8 Å². The van der Waals surface area contributed by atoms with Crippen LogP contribution in [-0.4, -0.2) is 31.3 Å². The molecule has 1 N–H and O–H groups in total. The van der Waals surface area contributed by atoms with E-state index in [1.165, 1.54) is 0 Å². The van der Waals surface area contributed by atoms with Crippen molar-refractivity contribution in [3.05, 3.63) is 40.2 Å². The Hall–Kier alpha value is -2.10. The summed E-state index contributed by atoms with van der Waals surface area (Å²) in [6.07, 6.45) is 1.85. The van der Waals surface area contributed by atoms with E-state index in [0.717, 1.165) is 48.2 Å². The molecule has 2 aromatic rings. The standard InChI is InChI=1S/C15H16N4OS/c16-8-12-7-14(21-11-12)10-17-13-1-2-15(18-9-13)19-3-5-20-6-4-19/h1-2,7,9,11,17H,3-6,10H2. The number of nitriles is 1. The van der Waals surface area contributed by atoms with Crippen LogP contribution in [0.5, 0.6) is 0 Å². The molecule has 1 saturated heterocycles. The quantitative estimate of drug-likeness (QED) is 0.940. The number of pyridine rings is 1. The second-order valence-electron chi connectivity index (χ2n) is 4.77. The Balaban J connectivity index is 1.58. The van der Waals surface area contributed by atoms with E-state index in [4.69, 9.17) is 10.00 Å². The van der Waals surface area contributed by atoms with Gasteiger partial charge < -0.3 is 15.0 Å². The molecule has 21 heavy (non-hydrogen) atoms. The highest BCUT2D eigenvalue weighted by Crippen LogP contribution is 2.18. The van der Waals surface area contributed by atoms with Gasteiger partial charge in [-0.1, -0.05) is 0 Å². The zero-order chi connectivity index (χ0) is 14.5. The Morgan fingerprint density at radius 2 is 2.24 bits per heavy atom. The molecule has 5 nitrogen and oxygen atoms in total. The van der Waals surface area contributed by atoms with Crippen LogP contribution in [0.1, 0.15) is 10.4 Å². The molecule has 0 spiro atoms. The van der Waals surface area contributed by atoms with Gasteiger partial charge in [0.2, 0.25) is 0 Å². The Kier molecular flexibility index (Phi) is 4.34. The Morgan fingerprint density at radius 1 is 1.38 bits per heavy atom. The SMILES string of the molecule is N#Cc1csc(CNc2ccc(N3CCOCC3)nc2)c1. The van der Waals surface area contributed by atoms with Crippen molar-refractivity contribution in [3.8, 4) is 6.07 Å². The van der Waals surface area contributed by atoms with Crippen molar-refractivity contribution in [3.63, 3.8) is 0 Å². The van der Waals surface area contributed by atoms with Crippen LogP contribution in [0.4, 0.5) is 11.5 Å². The maximum Gasteiger partial charge on any atom is 0.128 e. The minimum atomic E-state index is 0.713. The normalized spacial score (nSPS) is 14.7. The molecule has 3 heterocycles. The first-order chi connectivity index (χ1) is 10.3. The summed E-state index contributed by atoms with van der Waals surface area (Å²) in [5.74, 6) is 0.992. The highest BCUT2D eigenvalue weighted by molar-refractivity contribution is 7.10. The molecule has 6 heteroatoms. The lowest BCUT2D eigenvalue weighted by Gasteiger charge is -2.27. The molecule has 108 valence electrons. The first kappa shape index (κ1) is 13.9.